The third-order valence-corrected chi connectivity index (χ3v) is 2.62. The molecule has 16 heavy (non-hydrogen) atoms. The van der Waals surface area contributed by atoms with Gasteiger partial charge in [-0.25, -0.2) is 9.78 Å². The molecule has 84 valence electrons. The van der Waals surface area contributed by atoms with E-state index in [-0.39, 0.29) is 5.97 Å². The van der Waals surface area contributed by atoms with Crippen LogP contribution in [0.3, 0.4) is 0 Å². The van der Waals surface area contributed by atoms with Crippen molar-refractivity contribution >= 4 is 14.0 Å². The molecule has 0 atom stereocenters. The van der Waals surface area contributed by atoms with Crippen molar-refractivity contribution in [2.24, 2.45) is 0 Å². The van der Waals surface area contributed by atoms with Crippen LogP contribution in [0.15, 0.2) is 18.3 Å². The number of carbonyl (C=O) groups is 1. The van der Waals surface area contributed by atoms with Crippen molar-refractivity contribution in [1.29, 1.82) is 0 Å². The van der Waals surface area contributed by atoms with Gasteiger partial charge in [-0.15, -0.1) is 5.54 Å². The van der Waals surface area contributed by atoms with Crippen molar-refractivity contribution in [3.05, 3.63) is 29.6 Å². The maximum Gasteiger partial charge on any atom is 0.338 e. The number of esters is 1. The zero-order chi connectivity index (χ0) is 12.2. The predicted molar refractivity (Wildman–Crippen MR) is 65.8 cm³/mol. The van der Waals surface area contributed by atoms with E-state index < -0.39 is 8.07 Å². The highest BCUT2D eigenvalue weighted by atomic mass is 28.3. The molecule has 0 amide bonds. The van der Waals surface area contributed by atoms with Gasteiger partial charge < -0.3 is 4.74 Å². The van der Waals surface area contributed by atoms with E-state index in [0.29, 0.717) is 11.3 Å². The first-order valence-electron chi connectivity index (χ1n) is 5.00. The lowest BCUT2D eigenvalue weighted by Gasteiger charge is -2.03. The summed E-state index contributed by atoms with van der Waals surface area (Å²) in [5, 5.41) is 0. The molecule has 1 rings (SSSR count). The van der Waals surface area contributed by atoms with Crippen LogP contribution in [0.5, 0.6) is 0 Å². The second-order valence-corrected chi connectivity index (χ2v) is 9.17. The van der Waals surface area contributed by atoms with E-state index in [0.717, 1.165) is 0 Å². The summed E-state index contributed by atoms with van der Waals surface area (Å²) < 4.78 is 4.63. The van der Waals surface area contributed by atoms with E-state index in [4.69, 9.17) is 0 Å². The molecule has 1 aromatic heterocycles. The van der Waals surface area contributed by atoms with Gasteiger partial charge in [0.05, 0.1) is 12.7 Å². The number of hydrogen-bond donors (Lipinski definition) is 0. The molecular formula is C12H15NO2Si. The number of rotatable bonds is 1. The molecule has 0 radical (unpaired) electrons. The van der Waals surface area contributed by atoms with Gasteiger partial charge in [0.1, 0.15) is 13.8 Å². The molecule has 3 nitrogen and oxygen atoms in total. The summed E-state index contributed by atoms with van der Waals surface area (Å²) in [7, 11) is -0.0528. The van der Waals surface area contributed by atoms with Crippen LogP contribution in [0.4, 0.5) is 0 Å². The lowest BCUT2D eigenvalue weighted by Crippen LogP contribution is -2.16. The summed E-state index contributed by atoms with van der Waals surface area (Å²) in [5.74, 6) is 2.63. The highest BCUT2D eigenvalue weighted by molar-refractivity contribution is 6.83. The van der Waals surface area contributed by atoms with Crippen LogP contribution in [-0.4, -0.2) is 26.1 Å². The fourth-order valence-electron chi connectivity index (χ4n) is 0.995. The maximum absolute atomic E-state index is 11.3. The summed E-state index contributed by atoms with van der Waals surface area (Å²) in [6.45, 7) is 6.47. The van der Waals surface area contributed by atoms with Gasteiger partial charge in [-0.3, -0.25) is 0 Å². The number of ether oxygens (including phenoxy) is 1. The quantitative estimate of drug-likeness (QED) is 0.423. The van der Waals surface area contributed by atoms with Crippen molar-refractivity contribution in [3.8, 4) is 11.5 Å². The molecule has 0 saturated heterocycles. The summed E-state index contributed by atoms with van der Waals surface area (Å²) in [6, 6.07) is 3.27. The van der Waals surface area contributed by atoms with Crippen LogP contribution in [-0.2, 0) is 4.74 Å². The van der Waals surface area contributed by atoms with E-state index in [1.54, 1.807) is 18.3 Å². The number of hydrogen-bond acceptors (Lipinski definition) is 3. The summed E-state index contributed by atoms with van der Waals surface area (Å²) >= 11 is 0. The van der Waals surface area contributed by atoms with Gasteiger partial charge in [0.15, 0.2) is 0 Å². The number of carbonyl (C=O) groups excluding carboxylic acids is 1. The van der Waals surface area contributed by atoms with Crippen molar-refractivity contribution in [3.63, 3.8) is 0 Å². The van der Waals surface area contributed by atoms with E-state index in [1.165, 1.54) is 7.11 Å². The molecule has 0 aliphatic carbocycles. The molecular weight excluding hydrogens is 218 g/mol. The molecule has 0 spiro atoms. The second-order valence-electron chi connectivity index (χ2n) is 4.42. The molecule has 4 heteroatoms. The average Bonchev–Trinajstić information content (AvgIpc) is 2.25. The minimum Gasteiger partial charge on any atom is -0.465 e. The molecule has 0 fully saturated rings. The molecule has 1 aromatic rings. The molecule has 1 heterocycles. The van der Waals surface area contributed by atoms with Gasteiger partial charge in [-0.1, -0.05) is 25.6 Å². The zero-order valence-electron chi connectivity index (χ0n) is 10.00. The van der Waals surface area contributed by atoms with E-state index >= 15 is 0 Å². The fraction of sp³-hybridized carbons (Fsp3) is 0.333. The largest absolute Gasteiger partial charge is 0.465 e. The maximum atomic E-state index is 11.3. The minimum absolute atomic E-state index is 0.363. The summed E-state index contributed by atoms with van der Waals surface area (Å²) in [5.41, 5.74) is 4.30. The first-order valence-corrected chi connectivity index (χ1v) is 8.50. The molecule has 0 bridgehead atoms. The van der Waals surface area contributed by atoms with Gasteiger partial charge in [0.2, 0.25) is 0 Å². The summed E-state index contributed by atoms with van der Waals surface area (Å²) in [4.78, 5) is 15.4. The van der Waals surface area contributed by atoms with Crippen molar-refractivity contribution in [1.82, 2.24) is 4.98 Å². The van der Waals surface area contributed by atoms with Crippen LogP contribution in [0.1, 0.15) is 16.1 Å². The van der Waals surface area contributed by atoms with E-state index in [2.05, 4.69) is 40.8 Å². The Hall–Kier alpha value is -1.60. The van der Waals surface area contributed by atoms with Gasteiger partial charge in [0, 0.05) is 6.20 Å². The Morgan fingerprint density at radius 3 is 2.69 bits per heavy atom. The van der Waals surface area contributed by atoms with Gasteiger partial charge >= 0.3 is 5.97 Å². The molecule has 0 aliphatic rings. The third-order valence-electron chi connectivity index (χ3n) is 1.75. The Morgan fingerprint density at radius 2 is 2.12 bits per heavy atom. The number of methoxy groups -OCH3 is 1. The molecule has 0 saturated carbocycles. The molecule has 0 unspecified atom stereocenters. The second kappa shape index (κ2) is 4.95. The standard InChI is InChI=1S/C12H15NO2Si/c1-15-12(14)10-5-7-13-11(9-10)6-8-16(2,3)4/h5,7,9H,1-4H3. The summed E-state index contributed by atoms with van der Waals surface area (Å²) in [6.07, 6.45) is 1.57. The monoisotopic (exact) mass is 233 g/mol. The normalized spacial score (nSPS) is 10.2. The van der Waals surface area contributed by atoms with Crippen LogP contribution >= 0.6 is 0 Å². The van der Waals surface area contributed by atoms with E-state index in [1.807, 2.05) is 0 Å². The Kier molecular flexibility index (Phi) is 3.86. The number of nitrogens with zero attached hydrogens (tertiary/aromatic N) is 1. The predicted octanol–water partition coefficient (Wildman–Crippen LogP) is 2.10. The first kappa shape index (κ1) is 12.5. The van der Waals surface area contributed by atoms with Gasteiger partial charge in [0.25, 0.3) is 0 Å². The van der Waals surface area contributed by atoms with E-state index in [9.17, 15) is 4.79 Å². The third kappa shape index (κ3) is 3.87. The minimum atomic E-state index is -1.41. The highest BCUT2D eigenvalue weighted by Crippen LogP contribution is 2.03. The smallest absolute Gasteiger partial charge is 0.338 e. The Balaban J connectivity index is 2.99. The molecule has 0 aromatic carbocycles. The zero-order valence-corrected chi connectivity index (χ0v) is 11.0. The first-order chi connectivity index (χ1) is 7.42. The Labute approximate surface area is 96.9 Å². The SMILES string of the molecule is COC(=O)c1ccnc(C#C[Si](C)(C)C)c1. The highest BCUT2D eigenvalue weighted by Gasteiger charge is 2.08. The topological polar surface area (TPSA) is 39.2 Å². The van der Waals surface area contributed by atoms with Crippen LogP contribution in [0.2, 0.25) is 19.6 Å². The Morgan fingerprint density at radius 1 is 1.44 bits per heavy atom. The fourth-order valence-corrected chi connectivity index (χ4v) is 1.50. The number of aromatic nitrogens is 1. The van der Waals surface area contributed by atoms with Gasteiger partial charge in [-0.2, -0.15) is 0 Å². The average molecular weight is 233 g/mol. The molecule has 0 N–H and O–H groups in total. The van der Waals surface area contributed by atoms with Crippen LogP contribution < -0.4 is 0 Å². The Bertz CT molecular complexity index is 452. The van der Waals surface area contributed by atoms with Crippen LogP contribution in [0, 0.1) is 11.5 Å². The van der Waals surface area contributed by atoms with Crippen molar-refractivity contribution < 1.29 is 9.53 Å². The molecule has 0 aliphatic heterocycles. The van der Waals surface area contributed by atoms with Crippen LogP contribution in [0.25, 0.3) is 0 Å². The van der Waals surface area contributed by atoms with Crippen molar-refractivity contribution in [2.75, 3.05) is 7.11 Å². The lowest BCUT2D eigenvalue weighted by atomic mass is 10.2. The lowest BCUT2D eigenvalue weighted by molar-refractivity contribution is 0.0600. The van der Waals surface area contributed by atoms with Gasteiger partial charge in [-0.05, 0) is 12.1 Å². The van der Waals surface area contributed by atoms with Crippen molar-refractivity contribution in [2.45, 2.75) is 19.6 Å². The number of pyridine rings is 1.